The van der Waals surface area contributed by atoms with Gasteiger partial charge in [-0.1, -0.05) is 6.07 Å². The number of nitrogens with zero attached hydrogens (tertiary/aromatic N) is 5. The van der Waals surface area contributed by atoms with Crippen molar-refractivity contribution in [1.82, 2.24) is 24.8 Å². The summed E-state index contributed by atoms with van der Waals surface area (Å²) in [6.07, 6.45) is 10.1. The summed E-state index contributed by atoms with van der Waals surface area (Å²) in [7, 11) is 0. The Bertz CT molecular complexity index is 1100. The van der Waals surface area contributed by atoms with Gasteiger partial charge in [0.15, 0.2) is 5.60 Å². The second-order valence-corrected chi connectivity index (χ2v) is 8.09. The van der Waals surface area contributed by atoms with Gasteiger partial charge in [0.05, 0.1) is 18.7 Å². The van der Waals surface area contributed by atoms with E-state index in [0.29, 0.717) is 31.8 Å². The minimum Gasteiger partial charge on any atom is -0.361 e. The molecule has 1 spiro atoms. The highest BCUT2D eigenvalue weighted by Gasteiger charge is 2.58. The summed E-state index contributed by atoms with van der Waals surface area (Å²) in [5.41, 5.74) is 1.23. The van der Waals surface area contributed by atoms with Gasteiger partial charge < -0.3 is 14.5 Å². The van der Waals surface area contributed by atoms with Gasteiger partial charge in [0, 0.05) is 62.7 Å². The van der Waals surface area contributed by atoms with Crippen LogP contribution >= 0.6 is 0 Å². The quantitative estimate of drug-likeness (QED) is 0.630. The van der Waals surface area contributed by atoms with Crippen molar-refractivity contribution in [3.8, 4) is 0 Å². The van der Waals surface area contributed by atoms with Crippen LogP contribution in [0.25, 0.3) is 0 Å². The highest BCUT2D eigenvalue weighted by molar-refractivity contribution is 5.96. The van der Waals surface area contributed by atoms with Crippen LogP contribution in [-0.2, 0) is 16.1 Å². The zero-order valence-corrected chi connectivity index (χ0v) is 17.5. The molecule has 8 nitrogen and oxygen atoms in total. The number of pyridine rings is 3. The molecule has 8 heteroatoms. The third kappa shape index (κ3) is 3.62. The summed E-state index contributed by atoms with van der Waals surface area (Å²) in [6.45, 7) is 1.94. The molecule has 2 amide bonds. The molecule has 0 aromatic carbocycles. The van der Waals surface area contributed by atoms with Crippen LogP contribution in [0.15, 0.2) is 73.6 Å². The van der Waals surface area contributed by atoms with Gasteiger partial charge in [0.25, 0.3) is 11.8 Å². The van der Waals surface area contributed by atoms with Crippen molar-refractivity contribution in [3.05, 3.63) is 90.3 Å². The molecule has 5 heterocycles. The smallest absolute Gasteiger partial charge is 0.257 e. The number of carbonyl (C=O) groups is 2. The third-order valence-electron chi connectivity index (χ3n) is 6.17. The Labute approximate surface area is 185 Å². The van der Waals surface area contributed by atoms with E-state index in [-0.39, 0.29) is 24.3 Å². The first-order chi connectivity index (χ1) is 15.7. The predicted octanol–water partition coefficient (Wildman–Crippen LogP) is 1.91. The molecule has 162 valence electrons. The molecule has 2 unspecified atom stereocenters. The fraction of sp³-hybridized carbons (Fsp3) is 0.292. The van der Waals surface area contributed by atoms with Crippen molar-refractivity contribution in [2.24, 2.45) is 0 Å². The number of hydrogen-bond acceptors (Lipinski definition) is 6. The van der Waals surface area contributed by atoms with Crippen molar-refractivity contribution in [1.29, 1.82) is 0 Å². The first-order valence-electron chi connectivity index (χ1n) is 10.6. The van der Waals surface area contributed by atoms with Crippen LogP contribution in [0, 0.1) is 0 Å². The highest BCUT2D eigenvalue weighted by Crippen LogP contribution is 2.42. The topological polar surface area (TPSA) is 88.5 Å². The molecule has 32 heavy (non-hydrogen) atoms. The fourth-order valence-corrected chi connectivity index (χ4v) is 4.60. The summed E-state index contributed by atoms with van der Waals surface area (Å²) in [5, 5.41) is 0. The second-order valence-electron chi connectivity index (χ2n) is 8.09. The molecule has 3 aromatic rings. The van der Waals surface area contributed by atoms with Crippen molar-refractivity contribution >= 4 is 11.8 Å². The highest BCUT2D eigenvalue weighted by atomic mass is 16.5. The fourth-order valence-electron chi connectivity index (χ4n) is 4.60. The van der Waals surface area contributed by atoms with Crippen molar-refractivity contribution in [2.45, 2.75) is 18.1 Å². The van der Waals surface area contributed by atoms with Crippen LogP contribution in [0.5, 0.6) is 0 Å². The molecule has 0 radical (unpaired) electrons. The van der Waals surface area contributed by atoms with E-state index < -0.39 is 5.60 Å². The summed E-state index contributed by atoms with van der Waals surface area (Å²) >= 11 is 0. The number of ether oxygens (including phenoxy) is 1. The molecular formula is C24H23N5O3. The SMILES string of the molecule is O=C(c1cccnc1)N1CC(c2cccnc2)C2(C1)OCCN(Cc1ccncc1)C2=O. The van der Waals surface area contributed by atoms with Crippen LogP contribution < -0.4 is 0 Å². The predicted molar refractivity (Wildman–Crippen MR) is 115 cm³/mol. The molecule has 0 N–H and O–H groups in total. The minimum atomic E-state index is -1.15. The van der Waals surface area contributed by atoms with Crippen molar-refractivity contribution in [2.75, 3.05) is 26.2 Å². The summed E-state index contributed by atoms with van der Waals surface area (Å²) in [5.74, 6) is -0.577. The Hall–Kier alpha value is -3.65. The molecule has 5 rings (SSSR count). The number of hydrogen-bond donors (Lipinski definition) is 0. The normalized spacial score (nSPS) is 23.0. The van der Waals surface area contributed by atoms with Gasteiger partial charge >= 0.3 is 0 Å². The molecule has 0 bridgehead atoms. The zero-order chi connectivity index (χ0) is 22.0. The van der Waals surface area contributed by atoms with Crippen LogP contribution in [0.3, 0.4) is 0 Å². The molecule has 0 aliphatic carbocycles. The molecular weight excluding hydrogens is 406 g/mol. The number of amides is 2. The minimum absolute atomic E-state index is 0.101. The Morgan fingerprint density at radius 1 is 1.03 bits per heavy atom. The lowest BCUT2D eigenvalue weighted by atomic mass is 9.83. The molecule has 2 aliphatic heterocycles. The number of likely N-dealkylation sites (tertiary alicyclic amines) is 1. The van der Waals surface area contributed by atoms with Gasteiger partial charge in [-0.3, -0.25) is 24.5 Å². The summed E-state index contributed by atoms with van der Waals surface area (Å²) < 4.78 is 6.25. The monoisotopic (exact) mass is 429 g/mol. The molecule has 2 fully saturated rings. The van der Waals surface area contributed by atoms with Gasteiger partial charge in [0.1, 0.15) is 0 Å². The van der Waals surface area contributed by atoms with Crippen molar-refractivity contribution < 1.29 is 14.3 Å². The third-order valence-corrected chi connectivity index (χ3v) is 6.17. The number of carbonyl (C=O) groups excluding carboxylic acids is 2. The van der Waals surface area contributed by atoms with Gasteiger partial charge in [0.2, 0.25) is 0 Å². The largest absolute Gasteiger partial charge is 0.361 e. The molecule has 2 aliphatic rings. The molecule has 0 saturated carbocycles. The molecule has 2 saturated heterocycles. The van der Waals surface area contributed by atoms with Gasteiger partial charge in [-0.15, -0.1) is 0 Å². The Kier molecular flexibility index (Phi) is 5.36. The summed E-state index contributed by atoms with van der Waals surface area (Å²) in [4.78, 5) is 42.9. The van der Waals surface area contributed by atoms with E-state index in [1.165, 1.54) is 0 Å². The lowest BCUT2D eigenvalue weighted by Crippen LogP contribution is -2.60. The maximum absolute atomic E-state index is 13.9. The van der Waals surface area contributed by atoms with E-state index in [0.717, 1.165) is 11.1 Å². The number of rotatable bonds is 4. The Balaban J connectivity index is 1.48. The maximum atomic E-state index is 13.9. The average molecular weight is 429 g/mol. The lowest BCUT2D eigenvalue weighted by molar-refractivity contribution is -0.172. The van der Waals surface area contributed by atoms with Gasteiger partial charge in [-0.2, -0.15) is 0 Å². The number of aromatic nitrogens is 3. The van der Waals surface area contributed by atoms with Crippen molar-refractivity contribution in [3.63, 3.8) is 0 Å². The summed E-state index contributed by atoms with van der Waals surface area (Å²) in [6, 6.07) is 11.1. The van der Waals surface area contributed by atoms with Gasteiger partial charge in [-0.05, 0) is 41.5 Å². The Morgan fingerprint density at radius 2 is 1.81 bits per heavy atom. The van der Waals surface area contributed by atoms with E-state index in [1.807, 2.05) is 29.2 Å². The first-order valence-corrected chi connectivity index (χ1v) is 10.6. The van der Waals surface area contributed by atoms with Crippen LogP contribution in [0.1, 0.15) is 27.4 Å². The Morgan fingerprint density at radius 3 is 2.53 bits per heavy atom. The second kappa shape index (κ2) is 8.47. The van der Waals surface area contributed by atoms with E-state index in [9.17, 15) is 9.59 Å². The lowest BCUT2D eigenvalue weighted by Gasteiger charge is -2.42. The first kappa shape index (κ1) is 20.3. The molecule has 3 aromatic heterocycles. The number of morpholine rings is 1. The van der Waals surface area contributed by atoms with Crippen LogP contribution in [0.2, 0.25) is 0 Å². The van der Waals surface area contributed by atoms with E-state index in [1.54, 1.807) is 54.2 Å². The average Bonchev–Trinajstić information content (AvgIpc) is 3.23. The van der Waals surface area contributed by atoms with E-state index in [4.69, 9.17) is 4.74 Å². The van der Waals surface area contributed by atoms with Crippen LogP contribution in [0.4, 0.5) is 0 Å². The standard InChI is InChI=1S/C24H23N5O3/c30-22(20-4-2-8-27-14-20)29-16-21(19-3-1-7-26-13-19)24(17-29)23(31)28(11-12-32-24)15-18-5-9-25-10-6-18/h1-10,13-14,21H,11-12,15-17H2. The maximum Gasteiger partial charge on any atom is 0.257 e. The van der Waals surface area contributed by atoms with Crippen LogP contribution in [-0.4, -0.2) is 68.4 Å². The molecule has 2 atom stereocenters. The zero-order valence-electron chi connectivity index (χ0n) is 17.5. The van der Waals surface area contributed by atoms with E-state index in [2.05, 4.69) is 15.0 Å². The van der Waals surface area contributed by atoms with E-state index >= 15 is 0 Å². The van der Waals surface area contributed by atoms with Gasteiger partial charge in [-0.25, -0.2) is 0 Å².